The van der Waals surface area contributed by atoms with E-state index < -0.39 is 0 Å². The van der Waals surface area contributed by atoms with Crippen molar-refractivity contribution < 1.29 is 14.6 Å². The number of rotatable bonds is 6. The van der Waals surface area contributed by atoms with Gasteiger partial charge in [-0.05, 0) is 37.1 Å². The Labute approximate surface area is 107 Å². The Bertz CT molecular complexity index is 377. The maximum Gasteiger partial charge on any atom is 0.150 e. The molecule has 0 spiro atoms. The Morgan fingerprint density at radius 1 is 1.39 bits per heavy atom. The molecule has 0 radical (unpaired) electrons. The van der Waals surface area contributed by atoms with Crippen LogP contribution in [0.5, 0.6) is 5.75 Å². The van der Waals surface area contributed by atoms with Crippen molar-refractivity contribution >= 4 is 6.29 Å². The van der Waals surface area contributed by atoms with E-state index in [0.717, 1.165) is 44.5 Å². The molecule has 1 aliphatic heterocycles. The molecule has 0 saturated carbocycles. The van der Waals surface area contributed by atoms with Crippen molar-refractivity contribution in [2.75, 3.05) is 26.2 Å². The standard InChI is InChI=1S/C14H19NO3/c16-11-12-2-4-14(5-3-12)18-9-1-7-15-8-6-13(17)10-15/h2-5,11,13,17H,1,6-10H2/t13-/m1/s1. The monoisotopic (exact) mass is 249 g/mol. The van der Waals surface area contributed by atoms with Crippen LogP contribution in [0.1, 0.15) is 23.2 Å². The number of nitrogens with zero attached hydrogens (tertiary/aromatic N) is 1. The van der Waals surface area contributed by atoms with E-state index in [1.165, 1.54) is 0 Å². The number of likely N-dealkylation sites (tertiary alicyclic amines) is 1. The van der Waals surface area contributed by atoms with Crippen molar-refractivity contribution in [3.8, 4) is 5.75 Å². The molecule has 0 bridgehead atoms. The van der Waals surface area contributed by atoms with Gasteiger partial charge in [0, 0.05) is 25.2 Å². The Morgan fingerprint density at radius 3 is 2.78 bits per heavy atom. The van der Waals surface area contributed by atoms with Crippen LogP contribution in [0.25, 0.3) is 0 Å². The first-order valence-electron chi connectivity index (χ1n) is 6.36. The zero-order valence-electron chi connectivity index (χ0n) is 10.4. The molecule has 2 rings (SSSR count). The number of β-amino-alcohol motifs (C(OH)–C–C–N with tert-alkyl or cyclic N) is 1. The van der Waals surface area contributed by atoms with Gasteiger partial charge in [-0.3, -0.25) is 4.79 Å². The summed E-state index contributed by atoms with van der Waals surface area (Å²) in [6, 6.07) is 7.12. The summed E-state index contributed by atoms with van der Waals surface area (Å²) in [5.74, 6) is 0.794. The van der Waals surface area contributed by atoms with E-state index in [9.17, 15) is 9.90 Å². The van der Waals surface area contributed by atoms with Crippen LogP contribution in [0.4, 0.5) is 0 Å². The SMILES string of the molecule is O=Cc1ccc(OCCCN2CC[C@@H](O)C2)cc1. The highest BCUT2D eigenvalue weighted by Crippen LogP contribution is 2.12. The average molecular weight is 249 g/mol. The first kappa shape index (κ1) is 13.1. The van der Waals surface area contributed by atoms with Gasteiger partial charge < -0.3 is 14.7 Å². The van der Waals surface area contributed by atoms with Crippen molar-refractivity contribution in [1.82, 2.24) is 4.90 Å². The Balaban J connectivity index is 1.64. The van der Waals surface area contributed by atoms with E-state index in [2.05, 4.69) is 4.90 Å². The van der Waals surface area contributed by atoms with Crippen molar-refractivity contribution in [3.05, 3.63) is 29.8 Å². The molecule has 0 amide bonds. The molecule has 1 aliphatic rings. The predicted molar refractivity (Wildman–Crippen MR) is 69.0 cm³/mol. The Kier molecular flexibility index (Phi) is 4.73. The molecule has 0 aliphatic carbocycles. The topological polar surface area (TPSA) is 49.8 Å². The lowest BCUT2D eigenvalue weighted by Gasteiger charge is -2.14. The van der Waals surface area contributed by atoms with Gasteiger partial charge in [-0.1, -0.05) is 0 Å². The third-order valence-electron chi connectivity index (χ3n) is 3.15. The second-order valence-electron chi connectivity index (χ2n) is 4.63. The normalized spacial score (nSPS) is 19.9. The summed E-state index contributed by atoms with van der Waals surface area (Å²) in [6.45, 7) is 3.39. The zero-order valence-corrected chi connectivity index (χ0v) is 10.4. The van der Waals surface area contributed by atoms with Crippen LogP contribution in [0.15, 0.2) is 24.3 Å². The van der Waals surface area contributed by atoms with Gasteiger partial charge in [0.05, 0.1) is 12.7 Å². The van der Waals surface area contributed by atoms with Gasteiger partial charge in [-0.25, -0.2) is 0 Å². The lowest BCUT2D eigenvalue weighted by atomic mass is 10.2. The van der Waals surface area contributed by atoms with E-state index in [1.807, 2.05) is 12.1 Å². The van der Waals surface area contributed by atoms with Gasteiger partial charge in [0.25, 0.3) is 0 Å². The quantitative estimate of drug-likeness (QED) is 0.610. The second-order valence-corrected chi connectivity index (χ2v) is 4.63. The minimum atomic E-state index is -0.151. The number of aliphatic hydroxyl groups is 1. The molecule has 1 aromatic carbocycles. The highest BCUT2D eigenvalue weighted by atomic mass is 16.5. The molecule has 0 unspecified atom stereocenters. The first-order chi connectivity index (χ1) is 8.78. The van der Waals surface area contributed by atoms with Gasteiger partial charge in [0.2, 0.25) is 0 Å². The predicted octanol–water partition coefficient (Wildman–Crippen LogP) is 1.33. The van der Waals surface area contributed by atoms with Crippen LogP contribution in [0.2, 0.25) is 0 Å². The van der Waals surface area contributed by atoms with E-state index >= 15 is 0 Å². The molecular formula is C14H19NO3. The highest BCUT2D eigenvalue weighted by Gasteiger charge is 2.18. The second kappa shape index (κ2) is 6.52. The first-order valence-corrected chi connectivity index (χ1v) is 6.36. The number of hydrogen-bond acceptors (Lipinski definition) is 4. The molecule has 98 valence electrons. The number of aliphatic hydroxyl groups excluding tert-OH is 1. The number of carbonyl (C=O) groups is 1. The Hall–Kier alpha value is -1.39. The molecule has 1 atom stereocenters. The van der Waals surface area contributed by atoms with E-state index in [0.29, 0.717) is 12.2 Å². The third kappa shape index (κ3) is 3.82. The van der Waals surface area contributed by atoms with Crippen LogP contribution in [-0.2, 0) is 0 Å². The molecule has 1 fully saturated rings. The summed E-state index contributed by atoms with van der Waals surface area (Å²) >= 11 is 0. The van der Waals surface area contributed by atoms with E-state index in [1.54, 1.807) is 12.1 Å². The van der Waals surface area contributed by atoms with Gasteiger partial charge in [0.1, 0.15) is 12.0 Å². The van der Waals surface area contributed by atoms with E-state index in [-0.39, 0.29) is 6.10 Å². The largest absolute Gasteiger partial charge is 0.494 e. The smallest absolute Gasteiger partial charge is 0.150 e. The number of aldehydes is 1. The zero-order chi connectivity index (χ0) is 12.8. The van der Waals surface area contributed by atoms with Crippen LogP contribution in [0.3, 0.4) is 0 Å². The fourth-order valence-electron chi connectivity index (χ4n) is 2.14. The average Bonchev–Trinajstić information content (AvgIpc) is 2.81. The maximum absolute atomic E-state index is 10.5. The molecule has 1 aromatic rings. The summed E-state index contributed by atoms with van der Waals surface area (Å²) in [5, 5.41) is 9.38. The number of carbonyl (C=O) groups excluding carboxylic acids is 1. The number of ether oxygens (including phenoxy) is 1. The minimum absolute atomic E-state index is 0.151. The molecule has 1 saturated heterocycles. The summed E-state index contributed by atoms with van der Waals surface area (Å²) < 4.78 is 5.59. The van der Waals surface area contributed by atoms with Gasteiger partial charge in [-0.15, -0.1) is 0 Å². The molecule has 4 heteroatoms. The molecule has 1 N–H and O–H groups in total. The Morgan fingerprint density at radius 2 is 2.17 bits per heavy atom. The number of hydrogen-bond donors (Lipinski definition) is 1. The van der Waals surface area contributed by atoms with Gasteiger partial charge in [0.15, 0.2) is 0 Å². The minimum Gasteiger partial charge on any atom is -0.494 e. The molecule has 1 heterocycles. The van der Waals surface area contributed by atoms with Crippen LogP contribution in [-0.4, -0.2) is 48.6 Å². The van der Waals surface area contributed by atoms with Gasteiger partial charge >= 0.3 is 0 Å². The lowest BCUT2D eigenvalue weighted by Crippen LogP contribution is -2.24. The van der Waals surface area contributed by atoms with Crippen LogP contribution >= 0.6 is 0 Å². The third-order valence-corrected chi connectivity index (χ3v) is 3.15. The summed E-state index contributed by atoms with van der Waals surface area (Å²) in [4.78, 5) is 12.7. The fourth-order valence-corrected chi connectivity index (χ4v) is 2.14. The van der Waals surface area contributed by atoms with Crippen LogP contribution in [0, 0.1) is 0 Å². The van der Waals surface area contributed by atoms with Gasteiger partial charge in [-0.2, -0.15) is 0 Å². The molecular weight excluding hydrogens is 230 g/mol. The summed E-state index contributed by atoms with van der Waals surface area (Å²) in [6.07, 6.45) is 2.50. The molecule has 18 heavy (non-hydrogen) atoms. The van der Waals surface area contributed by atoms with E-state index in [4.69, 9.17) is 4.74 Å². The van der Waals surface area contributed by atoms with Crippen LogP contribution < -0.4 is 4.74 Å². The fraction of sp³-hybridized carbons (Fsp3) is 0.500. The molecule has 0 aromatic heterocycles. The van der Waals surface area contributed by atoms with Crippen molar-refractivity contribution in [2.24, 2.45) is 0 Å². The van der Waals surface area contributed by atoms with Crippen molar-refractivity contribution in [1.29, 1.82) is 0 Å². The van der Waals surface area contributed by atoms with Crippen molar-refractivity contribution in [3.63, 3.8) is 0 Å². The summed E-state index contributed by atoms with van der Waals surface area (Å²) in [7, 11) is 0. The maximum atomic E-state index is 10.5. The van der Waals surface area contributed by atoms with Crippen molar-refractivity contribution in [2.45, 2.75) is 18.9 Å². The summed E-state index contributed by atoms with van der Waals surface area (Å²) in [5.41, 5.74) is 0.661. The number of benzene rings is 1. The lowest BCUT2D eigenvalue weighted by molar-refractivity contribution is 0.112. The molecule has 4 nitrogen and oxygen atoms in total. The highest BCUT2D eigenvalue weighted by molar-refractivity contribution is 5.74.